The van der Waals surface area contributed by atoms with Gasteiger partial charge in [0.05, 0.1) is 6.04 Å². The molecule has 0 saturated heterocycles. The number of aromatic nitrogens is 4. The number of benzene rings is 1. The third-order valence-electron chi connectivity index (χ3n) is 4.59. The predicted molar refractivity (Wildman–Crippen MR) is 83.7 cm³/mol. The predicted octanol–water partition coefficient (Wildman–Crippen LogP) is 3.37. The van der Waals surface area contributed by atoms with Crippen LogP contribution in [0.5, 0.6) is 0 Å². The van der Waals surface area contributed by atoms with Gasteiger partial charge in [-0.05, 0) is 66.3 Å². The number of hydrogen-bond acceptors (Lipinski definition) is 4. The SMILES string of the molecule is Cc1cc(-c2nnnn2C2CCCC(C)CC2)ccc1N. The maximum absolute atomic E-state index is 5.90. The number of nitrogens with two attached hydrogens (primary N) is 1. The molecular formula is C16H23N5. The summed E-state index contributed by atoms with van der Waals surface area (Å²) in [4.78, 5) is 0. The average molecular weight is 285 g/mol. The van der Waals surface area contributed by atoms with Crippen molar-refractivity contribution in [2.75, 3.05) is 5.73 Å². The van der Waals surface area contributed by atoms with E-state index in [9.17, 15) is 0 Å². The Kier molecular flexibility index (Phi) is 3.90. The minimum atomic E-state index is 0.415. The summed E-state index contributed by atoms with van der Waals surface area (Å²) in [5.74, 6) is 1.67. The first-order chi connectivity index (χ1) is 10.1. The Balaban J connectivity index is 1.91. The molecule has 0 bridgehead atoms. The molecule has 5 heteroatoms. The average Bonchev–Trinajstić information content (AvgIpc) is 2.85. The Morgan fingerprint density at radius 3 is 2.86 bits per heavy atom. The van der Waals surface area contributed by atoms with E-state index in [4.69, 9.17) is 5.73 Å². The van der Waals surface area contributed by atoms with Crippen LogP contribution in [0, 0.1) is 12.8 Å². The summed E-state index contributed by atoms with van der Waals surface area (Å²) in [5, 5.41) is 12.4. The Hall–Kier alpha value is -1.91. The zero-order valence-corrected chi connectivity index (χ0v) is 12.8. The number of tetrazole rings is 1. The van der Waals surface area contributed by atoms with Gasteiger partial charge in [-0.3, -0.25) is 0 Å². The number of rotatable bonds is 2. The quantitative estimate of drug-likeness (QED) is 0.678. The number of nitrogen functional groups attached to an aromatic ring is 1. The molecule has 2 atom stereocenters. The number of aryl methyl sites for hydroxylation is 1. The van der Waals surface area contributed by atoms with E-state index in [0.29, 0.717) is 6.04 Å². The highest BCUT2D eigenvalue weighted by atomic mass is 15.5. The fourth-order valence-corrected chi connectivity index (χ4v) is 3.16. The Morgan fingerprint density at radius 2 is 2.05 bits per heavy atom. The van der Waals surface area contributed by atoms with Crippen molar-refractivity contribution in [2.24, 2.45) is 5.92 Å². The lowest BCUT2D eigenvalue weighted by Gasteiger charge is -2.16. The maximum Gasteiger partial charge on any atom is 0.182 e. The molecule has 1 aliphatic carbocycles. The largest absolute Gasteiger partial charge is 0.399 e. The monoisotopic (exact) mass is 285 g/mol. The van der Waals surface area contributed by atoms with Crippen LogP contribution in [0.25, 0.3) is 11.4 Å². The van der Waals surface area contributed by atoms with Gasteiger partial charge < -0.3 is 5.73 Å². The van der Waals surface area contributed by atoms with E-state index in [0.717, 1.165) is 41.4 Å². The molecule has 0 radical (unpaired) electrons. The lowest BCUT2D eigenvalue weighted by atomic mass is 10.0. The van der Waals surface area contributed by atoms with Crippen LogP contribution in [0.2, 0.25) is 0 Å². The van der Waals surface area contributed by atoms with Crippen LogP contribution < -0.4 is 5.73 Å². The van der Waals surface area contributed by atoms with Crippen LogP contribution >= 0.6 is 0 Å². The highest BCUT2D eigenvalue weighted by molar-refractivity contribution is 5.61. The maximum atomic E-state index is 5.90. The van der Waals surface area contributed by atoms with Crippen LogP contribution in [0.4, 0.5) is 5.69 Å². The summed E-state index contributed by atoms with van der Waals surface area (Å²) < 4.78 is 2.02. The van der Waals surface area contributed by atoms with Gasteiger partial charge in [0.25, 0.3) is 0 Å². The van der Waals surface area contributed by atoms with E-state index in [2.05, 4.69) is 28.5 Å². The van der Waals surface area contributed by atoms with Gasteiger partial charge in [0.15, 0.2) is 5.82 Å². The molecule has 1 aromatic heterocycles. The van der Waals surface area contributed by atoms with Gasteiger partial charge in [0, 0.05) is 11.3 Å². The van der Waals surface area contributed by atoms with Gasteiger partial charge >= 0.3 is 0 Å². The van der Waals surface area contributed by atoms with E-state index in [1.165, 1.54) is 19.3 Å². The minimum Gasteiger partial charge on any atom is -0.399 e. The first-order valence-electron chi connectivity index (χ1n) is 7.79. The molecule has 2 unspecified atom stereocenters. The molecule has 5 nitrogen and oxygen atoms in total. The summed E-state index contributed by atoms with van der Waals surface area (Å²) in [6.45, 7) is 4.35. The van der Waals surface area contributed by atoms with Crippen LogP contribution in [0.3, 0.4) is 0 Å². The molecule has 0 amide bonds. The van der Waals surface area contributed by atoms with Crippen LogP contribution in [-0.2, 0) is 0 Å². The second-order valence-electron chi connectivity index (χ2n) is 6.29. The number of hydrogen-bond donors (Lipinski definition) is 1. The second kappa shape index (κ2) is 5.84. The summed E-state index contributed by atoms with van der Waals surface area (Å²) >= 11 is 0. The zero-order valence-electron chi connectivity index (χ0n) is 12.8. The Morgan fingerprint density at radius 1 is 1.19 bits per heavy atom. The number of anilines is 1. The zero-order chi connectivity index (χ0) is 14.8. The summed E-state index contributed by atoms with van der Waals surface area (Å²) in [6.07, 6.45) is 6.15. The van der Waals surface area contributed by atoms with Crippen molar-refractivity contribution < 1.29 is 0 Å². The van der Waals surface area contributed by atoms with Crippen molar-refractivity contribution in [3.05, 3.63) is 23.8 Å². The van der Waals surface area contributed by atoms with Gasteiger partial charge in [0.2, 0.25) is 0 Å². The molecule has 3 rings (SSSR count). The van der Waals surface area contributed by atoms with Crippen molar-refractivity contribution in [2.45, 2.75) is 52.0 Å². The Labute approximate surface area is 125 Å². The normalized spacial score (nSPS) is 23.0. The molecule has 112 valence electrons. The van der Waals surface area contributed by atoms with Crippen molar-refractivity contribution >= 4 is 5.69 Å². The standard InChI is InChI=1S/C16H23N5/c1-11-4-3-5-14(8-6-11)21-16(18-19-20-21)13-7-9-15(17)12(2)10-13/h7,9-11,14H,3-6,8,17H2,1-2H3. The highest BCUT2D eigenvalue weighted by Crippen LogP contribution is 2.32. The van der Waals surface area contributed by atoms with E-state index in [-0.39, 0.29) is 0 Å². The number of nitrogens with zero attached hydrogens (tertiary/aromatic N) is 4. The fraction of sp³-hybridized carbons (Fsp3) is 0.562. The van der Waals surface area contributed by atoms with Gasteiger partial charge in [-0.1, -0.05) is 19.8 Å². The molecule has 1 fully saturated rings. The summed E-state index contributed by atoms with van der Waals surface area (Å²) in [7, 11) is 0. The molecule has 1 aromatic carbocycles. The second-order valence-corrected chi connectivity index (χ2v) is 6.29. The highest BCUT2D eigenvalue weighted by Gasteiger charge is 2.22. The molecule has 21 heavy (non-hydrogen) atoms. The summed E-state index contributed by atoms with van der Waals surface area (Å²) in [6, 6.07) is 6.41. The molecule has 1 aliphatic rings. The van der Waals surface area contributed by atoms with Crippen molar-refractivity contribution in [1.29, 1.82) is 0 Å². The van der Waals surface area contributed by atoms with Gasteiger partial charge in [-0.15, -0.1) is 5.10 Å². The van der Waals surface area contributed by atoms with Crippen molar-refractivity contribution in [3.63, 3.8) is 0 Å². The van der Waals surface area contributed by atoms with E-state index in [1.807, 2.05) is 23.7 Å². The molecule has 2 aromatic rings. The van der Waals surface area contributed by atoms with Crippen LogP contribution in [-0.4, -0.2) is 20.2 Å². The molecular weight excluding hydrogens is 262 g/mol. The fourth-order valence-electron chi connectivity index (χ4n) is 3.16. The lowest BCUT2D eigenvalue weighted by molar-refractivity contribution is 0.394. The van der Waals surface area contributed by atoms with Crippen molar-refractivity contribution in [3.8, 4) is 11.4 Å². The van der Waals surface area contributed by atoms with E-state index in [1.54, 1.807) is 0 Å². The molecule has 0 spiro atoms. The molecule has 0 aliphatic heterocycles. The van der Waals surface area contributed by atoms with Gasteiger partial charge in [-0.25, -0.2) is 4.68 Å². The van der Waals surface area contributed by atoms with E-state index >= 15 is 0 Å². The van der Waals surface area contributed by atoms with Crippen LogP contribution in [0.1, 0.15) is 50.6 Å². The first-order valence-corrected chi connectivity index (χ1v) is 7.79. The van der Waals surface area contributed by atoms with Gasteiger partial charge in [-0.2, -0.15) is 0 Å². The molecule has 2 N–H and O–H groups in total. The third kappa shape index (κ3) is 2.91. The van der Waals surface area contributed by atoms with Crippen molar-refractivity contribution in [1.82, 2.24) is 20.2 Å². The molecule has 1 heterocycles. The Bertz CT molecular complexity index is 619. The lowest BCUT2D eigenvalue weighted by Crippen LogP contribution is -2.12. The first kappa shape index (κ1) is 14.0. The van der Waals surface area contributed by atoms with E-state index < -0.39 is 0 Å². The third-order valence-corrected chi connectivity index (χ3v) is 4.59. The minimum absolute atomic E-state index is 0.415. The topological polar surface area (TPSA) is 69.6 Å². The molecule has 1 saturated carbocycles. The smallest absolute Gasteiger partial charge is 0.182 e. The summed E-state index contributed by atoms with van der Waals surface area (Å²) in [5.41, 5.74) is 8.82. The van der Waals surface area contributed by atoms with Crippen LogP contribution in [0.15, 0.2) is 18.2 Å². The van der Waals surface area contributed by atoms with Gasteiger partial charge in [0.1, 0.15) is 0 Å².